The summed E-state index contributed by atoms with van der Waals surface area (Å²) in [7, 11) is 0. The van der Waals surface area contributed by atoms with Crippen molar-refractivity contribution in [2.45, 2.75) is 5.25 Å². The molecular weight excluding hydrogens is 304 g/mol. The molecule has 0 saturated carbocycles. The highest BCUT2D eigenvalue weighted by molar-refractivity contribution is 8.24. The normalized spacial score (nSPS) is 16.5. The Morgan fingerprint density at radius 2 is 1.23 bits per heavy atom. The van der Waals surface area contributed by atoms with Crippen LogP contribution in [0.15, 0.2) is 78.9 Å². The Hall–Kier alpha value is -1.90. The smallest absolute Gasteiger partial charge is 0.0793 e. The molecule has 22 heavy (non-hydrogen) atoms. The van der Waals surface area contributed by atoms with Crippen LogP contribution in [0.2, 0.25) is 0 Å². The average Bonchev–Trinajstić information content (AvgIpc) is 2.72. The predicted molar refractivity (Wildman–Crippen MR) is 99.5 cm³/mol. The number of thioether (sulfide) groups is 1. The summed E-state index contributed by atoms with van der Waals surface area (Å²) in [5.74, 6) is 0. The Balaban J connectivity index is 1.97. The van der Waals surface area contributed by atoms with E-state index in [1.165, 1.54) is 27.8 Å². The van der Waals surface area contributed by atoms with E-state index in [4.69, 9.17) is 12.2 Å². The molecular formula is C20H14S2. The van der Waals surface area contributed by atoms with Crippen LogP contribution >= 0.6 is 24.0 Å². The fourth-order valence-corrected chi connectivity index (χ4v) is 4.59. The van der Waals surface area contributed by atoms with Crippen LogP contribution in [-0.2, 0) is 0 Å². The van der Waals surface area contributed by atoms with Crippen LogP contribution in [0.25, 0.3) is 11.1 Å². The first-order valence-electron chi connectivity index (χ1n) is 7.29. The number of fused-ring (bicyclic) bond motifs is 3. The van der Waals surface area contributed by atoms with Gasteiger partial charge in [0, 0.05) is 5.56 Å². The number of thiocarbonyl (C=S) groups is 1. The lowest BCUT2D eigenvalue weighted by Crippen LogP contribution is -1.99. The second-order valence-electron chi connectivity index (χ2n) is 5.33. The summed E-state index contributed by atoms with van der Waals surface area (Å²) in [5.41, 5.74) is 6.35. The molecule has 1 heterocycles. The van der Waals surface area contributed by atoms with Crippen molar-refractivity contribution < 1.29 is 0 Å². The molecule has 0 spiro atoms. The minimum atomic E-state index is 0.248. The van der Waals surface area contributed by atoms with Crippen molar-refractivity contribution in [3.8, 4) is 11.1 Å². The first-order chi connectivity index (χ1) is 10.8. The monoisotopic (exact) mass is 318 g/mol. The van der Waals surface area contributed by atoms with Crippen molar-refractivity contribution >= 4 is 28.2 Å². The summed E-state index contributed by atoms with van der Waals surface area (Å²) in [4.78, 5) is 0. The molecule has 0 amide bonds. The molecule has 0 N–H and O–H groups in total. The zero-order valence-corrected chi connectivity index (χ0v) is 13.5. The van der Waals surface area contributed by atoms with E-state index in [9.17, 15) is 0 Å². The van der Waals surface area contributed by atoms with Crippen LogP contribution in [0.5, 0.6) is 0 Å². The van der Waals surface area contributed by atoms with Gasteiger partial charge < -0.3 is 0 Å². The van der Waals surface area contributed by atoms with Crippen LogP contribution in [0.1, 0.15) is 21.9 Å². The maximum absolute atomic E-state index is 5.73. The molecule has 0 aromatic heterocycles. The van der Waals surface area contributed by atoms with Crippen molar-refractivity contribution in [3.63, 3.8) is 0 Å². The van der Waals surface area contributed by atoms with Gasteiger partial charge in [0.2, 0.25) is 0 Å². The summed E-state index contributed by atoms with van der Waals surface area (Å²) < 4.78 is 0.973. The second kappa shape index (κ2) is 5.71. The van der Waals surface area contributed by atoms with Gasteiger partial charge >= 0.3 is 0 Å². The van der Waals surface area contributed by atoms with E-state index in [1.54, 1.807) is 11.8 Å². The predicted octanol–water partition coefficient (Wildman–Crippen LogP) is 5.87. The lowest BCUT2D eigenvalue weighted by Gasteiger charge is -2.17. The van der Waals surface area contributed by atoms with Gasteiger partial charge in [-0.1, -0.05) is 91.1 Å². The summed E-state index contributed by atoms with van der Waals surface area (Å²) in [5, 5.41) is 0.248. The van der Waals surface area contributed by atoms with Crippen molar-refractivity contribution in [3.05, 3.63) is 95.6 Å². The molecule has 0 fully saturated rings. The van der Waals surface area contributed by atoms with Crippen molar-refractivity contribution in [2.75, 3.05) is 0 Å². The van der Waals surface area contributed by atoms with E-state index in [1.807, 2.05) is 0 Å². The number of hydrogen-bond acceptors (Lipinski definition) is 2. The summed E-state index contributed by atoms with van der Waals surface area (Å²) in [6.45, 7) is 0. The van der Waals surface area contributed by atoms with Crippen LogP contribution in [0.4, 0.5) is 0 Å². The van der Waals surface area contributed by atoms with Gasteiger partial charge in [-0.2, -0.15) is 0 Å². The summed E-state index contributed by atoms with van der Waals surface area (Å²) in [6, 6.07) is 27.8. The highest BCUT2D eigenvalue weighted by atomic mass is 32.2. The van der Waals surface area contributed by atoms with Crippen LogP contribution in [0, 0.1) is 0 Å². The van der Waals surface area contributed by atoms with Gasteiger partial charge in [0.05, 0.1) is 9.45 Å². The zero-order valence-electron chi connectivity index (χ0n) is 11.9. The standard InChI is InChI=1S/C20H14S2/c21-20-18-13-7-5-11-16(18)15-10-4-6-12-17(15)19(22-20)14-8-2-1-3-9-14/h1-13,19H. The van der Waals surface area contributed by atoms with E-state index in [-0.39, 0.29) is 5.25 Å². The lowest BCUT2D eigenvalue weighted by molar-refractivity contribution is 1.17. The van der Waals surface area contributed by atoms with Gasteiger partial charge in [-0.3, -0.25) is 0 Å². The molecule has 0 aliphatic carbocycles. The molecule has 1 aliphatic rings. The average molecular weight is 318 g/mol. The largest absolute Gasteiger partial charge is 0.101 e. The van der Waals surface area contributed by atoms with E-state index >= 15 is 0 Å². The second-order valence-corrected chi connectivity index (χ2v) is 7.11. The van der Waals surface area contributed by atoms with Crippen molar-refractivity contribution in [1.82, 2.24) is 0 Å². The first kappa shape index (κ1) is 13.7. The Morgan fingerprint density at radius 1 is 0.636 bits per heavy atom. The Kier molecular flexibility index (Phi) is 3.57. The molecule has 0 bridgehead atoms. The molecule has 4 rings (SSSR count). The highest BCUT2D eigenvalue weighted by Gasteiger charge is 2.26. The fraction of sp³-hybridized carbons (Fsp3) is 0.0500. The third kappa shape index (κ3) is 2.29. The van der Waals surface area contributed by atoms with Gasteiger partial charge in [0.25, 0.3) is 0 Å². The molecule has 2 heteroatoms. The number of benzene rings is 3. The van der Waals surface area contributed by atoms with Gasteiger partial charge in [-0.05, 0) is 22.3 Å². The number of rotatable bonds is 1. The quantitative estimate of drug-likeness (QED) is 0.515. The van der Waals surface area contributed by atoms with Crippen molar-refractivity contribution in [2.24, 2.45) is 0 Å². The van der Waals surface area contributed by atoms with Crippen LogP contribution in [-0.4, -0.2) is 4.20 Å². The minimum absolute atomic E-state index is 0.248. The molecule has 1 atom stereocenters. The maximum atomic E-state index is 5.73. The number of hydrogen-bond donors (Lipinski definition) is 0. The van der Waals surface area contributed by atoms with E-state index < -0.39 is 0 Å². The molecule has 1 unspecified atom stereocenters. The molecule has 0 nitrogen and oxygen atoms in total. The molecule has 1 aliphatic heterocycles. The summed E-state index contributed by atoms with van der Waals surface area (Å²) >= 11 is 7.51. The lowest BCUT2D eigenvalue weighted by atomic mass is 9.92. The third-order valence-electron chi connectivity index (χ3n) is 4.01. The Labute approximate surface area is 140 Å². The fourth-order valence-electron chi connectivity index (χ4n) is 2.98. The Morgan fingerprint density at radius 3 is 2.00 bits per heavy atom. The van der Waals surface area contributed by atoms with E-state index in [0.29, 0.717) is 0 Å². The molecule has 0 radical (unpaired) electrons. The summed E-state index contributed by atoms with van der Waals surface area (Å²) in [6.07, 6.45) is 0. The molecule has 3 aromatic carbocycles. The van der Waals surface area contributed by atoms with Gasteiger partial charge in [-0.25, -0.2) is 0 Å². The molecule has 3 aromatic rings. The minimum Gasteiger partial charge on any atom is -0.101 e. The van der Waals surface area contributed by atoms with Crippen LogP contribution in [0.3, 0.4) is 0 Å². The van der Waals surface area contributed by atoms with Gasteiger partial charge in [-0.15, -0.1) is 11.8 Å². The third-order valence-corrected chi connectivity index (χ3v) is 5.71. The Bertz CT molecular complexity index is 837. The van der Waals surface area contributed by atoms with Gasteiger partial charge in [0.15, 0.2) is 0 Å². The van der Waals surface area contributed by atoms with E-state index in [2.05, 4.69) is 78.9 Å². The molecule has 106 valence electrons. The zero-order chi connectivity index (χ0) is 14.9. The van der Waals surface area contributed by atoms with Gasteiger partial charge in [0.1, 0.15) is 0 Å². The first-order valence-corrected chi connectivity index (χ1v) is 8.57. The van der Waals surface area contributed by atoms with Crippen LogP contribution < -0.4 is 0 Å². The SMILES string of the molecule is S=C1SC(c2ccccc2)c2ccccc2-c2ccccc21. The highest BCUT2D eigenvalue weighted by Crippen LogP contribution is 2.46. The maximum Gasteiger partial charge on any atom is 0.0793 e. The molecule has 0 saturated heterocycles. The van der Waals surface area contributed by atoms with Crippen molar-refractivity contribution in [1.29, 1.82) is 0 Å². The topological polar surface area (TPSA) is 0 Å². The van der Waals surface area contributed by atoms with E-state index in [0.717, 1.165) is 4.20 Å².